The van der Waals surface area contributed by atoms with Crippen molar-refractivity contribution in [2.75, 3.05) is 33.9 Å². The van der Waals surface area contributed by atoms with Crippen LogP contribution in [0.15, 0.2) is 36.1 Å². The minimum atomic E-state index is -0.246. The Labute approximate surface area is 191 Å². The van der Waals surface area contributed by atoms with E-state index < -0.39 is 0 Å². The van der Waals surface area contributed by atoms with Gasteiger partial charge in [0, 0.05) is 29.8 Å². The second kappa shape index (κ2) is 7.84. The van der Waals surface area contributed by atoms with Crippen molar-refractivity contribution in [1.82, 2.24) is 15.1 Å². The monoisotopic (exact) mass is 437 g/mol. The number of carbonyl (C=O) groups is 1. The van der Waals surface area contributed by atoms with Gasteiger partial charge in [-0.25, -0.2) is 4.79 Å². The van der Waals surface area contributed by atoms with Crippen LogP contribution in [0.4, 0.5) is 4.79 Å². The van der Waals surface area contributed by atoms with Crippen LogP contribution >= 0.6 is 0 Å². The van der Waals surface area contributed by atoms with Crippen molar-refractivity contribution in [2.24, 2.45) is 11.8 Å². The van der Waals surface area contributed by atoms with Gasteiger partial charge in [0.1, 0.15) is 11.5 Å². The molecular weight excluding hydrogens is 402 g/mol. The summed E-state index contributed by atoms with van der Waals surface area (Å²) in [6.07, 6.45) is 5.41. The van der Waals surface area contributed by atoms with E-state index in [4.69, 9.17) is 9.47 Å². The predicted molar refractivity (Wildman–Crippen MR) is 125 cm³/mol. The number of hydrogen-bond acceptors (Lipinski definition) is 4. The molecule has 3 atom stereocenters. The van der Waals surface area contributed by atoms with Gasteiger partial charge in [0.2, 0.25) is 0 Å². The van der Waals surface area contributed by atoms with Crippen LogP contribution in [0, 0.1) is 11.8 Å². The van der Waals surface area contributed by atoms with Crippen molar-refractivity contribution in [1.29, 1.82) is 0 Å². The van der Waals surface area contributed by atoms with Crippen molar-refractivity contribution >= 4 is 6.03 Å². The van der Waals surface area contributed by atoms with E-state index in [0.717, 1.165) is 54.3 Å². The van der Waals surface area contributed by atoms with E-state index in [2.05, 4.69) is 42.8 Å². The molecule has 1 spiro atoms. The molecule has 172 valence electrons. The maximum absolute atomic E-state index is 13.7. The molecular formula is C26H35N3O3. The van der Waals surface area contributed by atoms with E-state index in [1.165, 1.54) is 12.0 Å². The molecule has 0 bridgehead atoms. The number of benzene rings is 1. The molecule has 0 aromatic heterocycles. The molecule has 1 aliphatic carbocycles. The maximum Gasteiger partial charge on any atom is 0.325 e. The average Bonchev–Trinajstić information content (AvgIpc) is 3.54. The molecule has 1 unspecified atom stereocenters. The molecule has 5 rings (SSSR count). The molecule has 0 radical (unpaired) electrons. The lowest BCUT2D eigenvalue weighted by Gasteiger charge is -2.41. The zero-order chi connectivity index (χ0) is 22.6. The van der Waals surface area contributed by atoms with Gasteiger partial charge < -0.3 is 19.7 Å². The summed E-state index contributed by atoms with van der Waals surface area (Å²) < 4.78 is 11.5. The molecule has 6 heteroatoms. The van der Waals surface area contributed by atoms with Crippen molar-refractivity contribution < 1.29 is 14.3 Å². The van der Waals surface area contributed by atoms with Crippen molar-refractivity contribution in [3.63, 3.8) is 0 Å². The van der Waals surface area contributed by atoms with E-state index in [9.17, 15) is 4.79 Å². The van der Waals surface area contributed by atoms with E-state index in [1.807, 2.05) is 11.0 Å². The number of nitrogens with zero attached hydrogens (tertiary/aromatic N) is 2. The fraction of sp³-hybridized carbons (Fsp3) is 0.577. The van der Waals surface area contributed by atoms with Crippen molar-refractivity contribution in [3.05, 3.63) is 47.2 Å². The molecule has 1 aromatic carbocycles. The van der Waals surface area contributed by atoms with E-state index in [0.29, 0.717) is 24.9 Å². The van der Waals surface area contributed by atoms with Crippen LogP contribution in [0.5, 0.6) is 11.5 Å². The quantitative estimate of drug-likeness (QED) is 0.699. The SMILES string of the molecule is C=C([C@H]1C=C2N(Cc3cc(OC)cc(OC)c31)C(=O)N(CC)C21CCNCC1)[C@H]1CC1C. The van der Waals surface area contributed by atoms with Gasteiger partial charge in [-0.15, -0.1) is 0 Å². The Bertz CT molecular complexity index is 979. The highest BCUT2D eigenvalue weighted by Crippen LogP contribution is 2.54. The van der Waals surface area contributed by atoms with Gasteiger partial charge in [-0.1, -0.05) is 25.2 Å². The number of carbonyl (C=O) groups excluding carboxylic acids is 1. The molecule has 3 fully saturated rings. The van der Waals surface area contributed by atoms with Gasteiger partial charge in [0.15, 0.2) is 0 Å². The summed E-state index contributed by atoms with van der Waals surface area (Å²) in [5, 5.41) is 3.49. The topological polar surface area (TPSA) is 54.0 Å². The Morgan fingerprint density at radius 3 is 2.56 bits per heavy atom. The lowest BCUT2D eigenvalue weighted by atomic mass is 9.80. The third-order valence-corrected chi connectivity index (χ3v) is 8.10. The van der Waals surface area contributed by atoms with Crippen LogP contribution in [0.1, 0.15) is 50.2 Å². The molecule has 1 N–H and O–H groups in total. The molecule has 2 amide bonds. The smallest absolute Gasteiger partial charge is 0.325 e. The molecule has 6 nitrogen and oxygen atoms in total. The van der Waals surface area contributed by atoms with E-state index in [-0.39, 0.29) is 17.5 Å². The van der Waals surface area contributed by atoms with Gasteiger partial charge in [-0.2, -0.15) is 0 Å². The third kappa shape index (κ3) is 3.06. The number of rotatable bonds is 5. The zero-order valence-corrected chi connectivity index (χ0v) is 19.7. The van der Waals surface area contributed by atoms with Crippen LogP contribution in [0.25, 0.3) is 0 Å². The summed E-state index contributed by atoms with van der Waals surface area (Å²) in [6.45, 7) is 12.1. The first-order chi connectivity index (χ1) is 15.4. The van der Waals surface area contributed by atoms with E-state index in [1.54, 1.807) is 14.2 Å². The summed E-state index contributed by atoms with van der Waals surface area (Å²) in [5.74, 6) is 2.78. The Morgan fingerprint density at radius 2 is 1.97 bits per heavy atom. The molecule has 3 heterocycles. The fourth-order valence-corrected chi connectivity index (χ4v) is 6.22. The number of piperidine rings is 1. The van der Waals surface area contributed by atoms with Crippen molar-refractivity contribution in [2.45, 2.75) is 51.1 Å². The van der Waals surface area contributed by atoms with Crippen LogP contribution in [0.2, 0.25) is 0 Å². The standard InChI is InChI=1S/C26H35N3O3/c1-6-29-25(30)28-15-18-12-19(31-4)13-22(32-5)24(18)21(17(3)20-11-16(20)2)14-23(28)26(29)7-9-27-10-8-26/h12-14,16,20-21,27H,3,6-11,15H2,1-2,4-5H3/t16?,20-,21+/m0/s1. The second-order valence-corrected chi connectivity index (χ2v) is 9.72. The first kappa shape index (κ1) is 21.4. The van der Waals surface area contributed by atoms with Gasteiger partial charge in [0.05, 0.1) is 26.3 Å². The Morgan fingerprint density at radius 1 is 1.25 bits per heavy atom. The number of allylic oxidation sites excluding steroid dienone is 2. The number of nitrogens with one attached hydrogen (secondary N) is 1. The third-order valence-electron chi connectivity index (χ3n) is 8.10. The van der Waals surface area contributed by atoms with Gasteiger partial charge in [0.25, 0.3) is 0 Å². The Hall–Kier alpha value is -2.47. The highest BCUT2D eigenvalue weighted by molar-refractivity contribution is 5.83. The van der Waals surface area contributed by atoms with Crippen LogP contribution in [-0.4, -0.2) is 55.2 Å². The number of urea groups is 1. The fourth-order valence-electron chi connectivity index (χ4n) is 6.22. The number of hydrogen-bond donors (Lipinski definition) is 1. The predicted octanol–water partition coefficient (Wildman–Crippen LogP) is 4.28. The van der Waals surface area contributed by atoms with Crippen molar-refractivity contribution in [3.8, 4) is 11.5 Å². The van der Waals surface area contributed by atoms with Crippen LogP contribution < -0.4 is 14.8 Å². The van der Waals surface area contributed by atoms with Gasteiger partial charge in [-0.3, -0.25) is 4.90 Å². The van der Waals surface area contributed by atoms with Crippen LogP contribution in [0.3, 0.4) is 0 Å². The second-order valence-electron chi connectivity index (χ2n) is 9.72. The number of ether oxygens (including phenoxy) is 2. The normalized spacial score (nSPS) is 28.1. The first-order valence-electron chi connectivity index (χ1n) is 11.9. The molecule has 1 saturated carbocycles. The highest BCUT2D eigenvalue weighted by Gasteiger charge is 2.54. The summed E-state index contributed by atoms with van der Waals surface area (Å²) in [6, 6.07) is 4.15. The molecule has 3 aliphatic heterocycles. The Balaban J connectivity index is 1.71. The first-order valence-corrected chi connectivity index (χ1v) is 11.9. The van der Waals surface area contributed by atoms with Gasteiger partial charge >= 0.3 is 6.03 Å². The number of fused-ring (bicyclic) bond motifs is 3. The summed E-state index contributed by atoms with van der Waals surface area (Å²) in [7, 11) is 3.39. The minimum absolute atomic E-state index is 0.0252. The molecule has 4 aliphatic rings. The summed E-state index contributed by atoms with van der Waals surface area (Å²) >= 11 is 0. The molecule has 1 aromatic rings. The lowest BCUT2D eigenvalue weighted by molar-refractivity contribution is 0.141. The number of methoxy groups -OCH3 is 2. The lowest BCUT2D eigenvalue weighted by Crippen LogP contribution is -2.52. The Kier molecular flexibility index (Phi) is 5.24. The maximum atomic E-state index is 13.7. The minimum Gasteiger partial charge on any atom is -0.497 e. The van der Waals surface area contributed by atoms with Crippen LogP contribution in [-0.2, 0) is 6.54 Å². The summed E-state index contributed by atoms with van der Waals surface area (Å²) in [4.78, 5) is 17.8. The highest BCUT2D eigenvalue weighted by atomic mass is 16.5. The average molecular weight is 438 g/mol. The summed E-state index contributed by atoms with van der Waals surface area (Å²) in [5.41, 5.74) is 4.37. The zero-order valence-electron chi connectivity index (χ0n) is 19.7. The number of amides is 2. The molecule has 32 heavy (non-hydrogen) atoms. The molecule has 2 saturated heterocycles. The van der Waals surface area contributed by atoms with E-state index >= 15 is 0 Å². The largest absolute Gasteiger partial charge is 0.497 e. The number of likely N-dealkylation sites (N-methyl/N-ethyl adjacent to an activating group) is 1. The van der Waals surface area contributed by atoms with Gasteiger partial charge in [-0.05, 0) is 62.7 Å².